The molecule has 128 valence electrons. The van der Waals surface area contributed by atoms with Crippen LogP contribution in [0.2, 0.25) is 0 Å². The molecule has 1 aliphatic heterocycles. The molecule has 1 aromatic carbocycles. The Balaban J connectivity index is 1.90. The van der Waals surface area contributed by atoms with Gasteiger partial charge in [-0.15, -0.1) is 0 Å². The van der Waals surface area contributed by atoms with Crippen molar-refractivity contribution in [3.05, 3.63) is 29.8 Å². The predicted molar refractivity (Wildman–Crippen MR) is 87.5 cm³/mol. The van der Waals surface area contributed by atoms with Crippen LogP contribution < -0.4 is 5.32 Å². The third-order valence-electron chi connectivity index (χ3n) is 3.61. The van der Waals surface area contributed by atoms with E-state index in [0.29, 0.717) is 31.1 Å². The summed E-state index contributed by atoms with van der Waals surface area (Å²) in [7, 11) is -3.38. The van der Waals surface area contributed by atoms with E-state index in [1.54, 1.807) is 24.3 Å². The largest absolute Gasteiger partial charge is 0.449 e. The summed E-state index contributed by atoms with van der Waals surface area (Å²) in [5, 5.41) is 2.65. The van der Waals surface area contributed by atoms with Crippen molar-refractivity contribution >= 4 is 16.1 Å². The van der Waals surface area contributed by atoms with Gasteiger partial charge < -0.3 is 10.1 Å². The van der Waals surface area contributed by atoms with Crippen LogP contribution in [0.5, 0.6) is 0 Å². The van der Waals surface area contributed by atoms with Crippen molar-refractivity contribution in [2.24, 2.45) is 5.92 Å². The molecule has 1 N–H and O–H groups in total. The van der Waals surface area contributed by atoms with E-state index in [-0.39, 0.29) is 5.92 Å². The Bertz CT molecular complexity index is 620. The molecule has 1 saturated heterocycles. The lowest BCUT2D eigenvalue weighted by molar-refractivity contribution is 0.132. The second kappa shape index (κ2) is 7.79. The highest BCUT2D eigenvalue weighted by Gasteiger charge is 2.26. The van der Waals surface area contributed by atoms with Gasteiger partial charge in [-0.2, -0.15) is 4.31 Å². The van der Waals surface area contributed by atoms with Gasteiger partial charge in [-0.1, -0.05) is 26.0 Å². The zero-order chi connectivity index (χ0) is 16.9. The molecule has 6 nitrogen and oxygen atoms in total. The van der Waals surface area contributed by atoms with Gasteiger partial charge >= 0.3 is 6.09 Å². The number of ether oxygens (including phenoxy) is 1. The van der Waals surface area contributed by atoms with E-state index in [9.17, 15) is 13.2 Å². The summed E-state index contributed by atoms with van der Waals surface area (Å²) >= 11 is 0. The van der Waals surface area contributed by atoms with Crippen LogP contribution in [0, 0.1) is 5.92 Å². The normalized spacial score (nSPS) is 15.8. The van der Waals surface area contributed by atoms with Gasteiger partial charge in [0.05, 0.1) is 11.5 Å². The van der Waals surface area contributed by atoms with E-state index >= 15 is 0 Å². The smallest absolute Gasteiger partial charge is 0.407 e. The lowest BCUT2D eigenvalue weighted by Gasteiger charge is -2.15. The van der Waals surface area contributed by atoms with E-state index < -0.39 is 16.1 Å². The van der Waals surface area contributed by atoms with Crippen molar-refractivity contribution in [3.8, 4) is 0 Å². The molecule has 0 bridgehead atoms. The summed E-state index contributed by atoms with van der Waals surface area (Å²) in [6, 6.07) is 6.60. The van der Waals surface area contributed by atoms with Crippen molar-refractivity contribution in [2.75, 3.05) is 19.7 Å². The van der Waals surface area contributed by atoms with Gasteiger partial charge in [-0.05, 0) is 36.5 Å². The predicted octanol–water partition coefficient (Wildman–Crippen LogP) is 2.35. The maximum Gasteiger partial charge on any atom is 0.407 e. The van der Waals surface area contributed by atoms with Crippen LogP contribution in [0.25, 0.3) is 0 Å². The molecular formula is C16H24N2O4S. The highest BCUT2D eigenvalue weighted by Crippen LogP contribution is 2.21. The van der Waals surface area contributed by atoms with Crippen molar-refractivity contribution in [1.82, 2.24) is 9.62 Å². The second-order valence-corrected chi connectivity index (χ2v) is 8.04. The van der Waals surface area contributed by atoms with Crippen LogP contribution in [0.15, 0.2) is 29.2 Å². The first-order valence-corrected chi connectivity index (χ1v) is 9.33. The van der Waals surface area contributed by atoms with E-state index in [0.717, 1.165) is 18.4 Å². The Morgan fingerprint density at radius 3 is 2.39 bits per heavy atom. The van der Waals surface area contributed by atoms with E-state index in [2.05, 4.69) is 5.32 Å². The average molecular weight is 340 g/mol. The van der Waals surface area contributed by atoms with Crippen molar-refractivity contribution in [3.63, 3.8) is 0 Å². The fraction of sp³-hybridized carbons (Fsp3) is 0.562. The maximum absolute atomic E-state index is 12.4. The summed E-state index contributed by atoms with van der Waals surface area (Å²) in [5.41, 5.74) is 0.826. The van der Waals surface area contributed by atoms with Crippen LogP contribution in [0.1, 0.15) is 32.3 Å². The fourth-order valence-electron chi connectivity index (χ4n) is 2.32. The number of nitrogens with one attached hydrogen (secondary N) is 1. The minimum atomic E-state index is -3.38. The van der Waals surface area contributed by atoms with Crippen LogP contribution >= 0.6 is 0 Å². The standard InChI is InChI=1S/C16H24N2O4S/c1-13(2)12-22-16(19)17-11-14-5-7-15(8-6-14)23(20,21)18-9-3-4-10-18/h5-8,13H,3-4,9-12H2,1-2H3,(H,17,19). The zero-order valence-electron chi connectivity index (χ0n) is 13.6. The topological polar surface area (TPSA) is 75.7 Å². The summed E-state index contributed by atoms with van der Waals surface area (Å²) in [5.74, 6) is 0.288. The zero-order valence-corrected chi connectivity index (χ0v) is 14.4. The lowest BCUT2D eigenvalue weighted by atomic mass is 10.2. The number of alkyl carbamates (subject to hydrolysis) is 1. The Labute approximate surface area is 137 Å². The second-order valence-electron chi connectivity index (χ2n) is 6.10. The van der Waals surface area contributed by atoms with Gasteiger partial charge in [0, 0.05) is 19.6 Å². The number of nitrogens with zero attached hydrogens (tertiary/aromatic N) is 1. The third kappa shape index (κ3) is 4.94. The molecule has 1 fully saturated rings. The van der Waals surface area contributed by atoms with E-state index in [1.165, 1.54) is 4.31 Å². The molecule has 0 unspecified atom stereocenters. The summed E-state index contributed by atoms with van der Waals surface area (Å²) < 4.78 is 31.3. The maximum atomic E-state index is 12.4. The van der Waals surface area contributed by atoms with Gasteiger partial charge in [0.15, 0.2) is 0 Å². The number of carbonyl (C=O) groups excluding carboxylic acids is 1. The minimum Gasteiger partial charge on any atom is -0.449 e. The number of rotatable bonds is 6. The Kier molecular flexibility index (Phi) is 6.01. The molecule has 0 aliphatic carbocycles. The molecular weight excluding hydrogens is 316 g/mol. The highest BCUT2D eigenvalue weighted by atomic mass is 32.2. The molecule has 0 saturated carbocycles. The number of sulfonamides is 1. The van der Waals surface area contributed by atoms with Gasteiger partial charge in [0.2, 0.25) is 10.0 Å². The highest BCUT2D eigenvalue weighted by molar-refractivity contribution is 7.89. The number of benzene rings is 1. The average Bonchev–Trinajstić information content (AvgIpc) is 3.06. The molecule has 2 rings (SSSR count). The van der Waals surface area contributed by atoms with Crippen molar-refractivity contribution in [2.45, 2.75) is 38.1 Å². The molecule has 1 amide bonds. The van der Waals surface area contributed by atoms with Crippen LogP contribution in [0.3, 0.4) is 0 Å². The number of hydrogen-bond acceptors (Lipinski definition) is 4. The number of carbonyl (C=O) groups is 1. The molecule has 0 aromatic heterocycles. The van der Waals surface area contributed by atoms with Gasteiger partial charge in [-0.25, -0.2) is 13.2 Å². The molecule has 23 heavy (non-hydrogen) atoms. The first-order valence-electron chi connectivity index (χ1n) is 7.89. The fourth-order valence-corrected chi connectivity index (χ4v) is 3.84. The van der Waals surface area contributed by atoms with Crippen LogP contribution in [-0.4, -0.2) is 38.5 Å². The van der Waals surface area contributed by atoms with Crippen LogP contribution in [0.4, 0.5) is 4.79 Å². The van der Waals surface area contributed by atoms with E-state index in [4.69, 9.17) is 4.74 Å². The number of hydrogen-bond donors (Lipinski definition) is 1. The Morgan fingerprint density at radius 2 is 1.83 bits per heavy atom. The first-order chi connectivity index (χ1) is 10.9. The summed E-state index contributed by atoms with van der Waals surface area (Å²) in [6.07, 6.45) is 1.37. The third-order valence-corrected chi connectivity index (χ3v) is 5.52. The molecule has 0 spiro atoms. The number of amides is 1. The summed E-state index contributed by atoms with van der Waals surface area (Å²) in [4.78, 5) is 11.8. The van der Waals surface area contributed by atoms with Gasteiger partial charge in [0.1, 0.15) is 0 Å². The molecule has 1 heterocycles. The van der Waals surface area contributed by atoms with Crippen molar-refractivity contribution < 1.29 is 17.9 Å². The quantitative estimate of drug-likeness (QED) is 0.862. The summed E-state index contributed by atoms with van der Waals surface area (Å²) in [6.45, 7) is 5.79. The molecule has 0 atom stereocenters. The first kappa shape index (κ1) is 17.7. The molecule has 0 radical (unpaired) electrons. The SMILES string of the molecule is CC(C)COC(=O)NCc1ccc(S(=O)(=O)N2CCCC2)cc1. The lowest BCUT2D eigenvalue weighted by Crippen LogP contribution is -2.28. The Morgan fingerprint density at radius 1 is 1.22 bits per heavy atom. The molecule has 7 heteroatoms. The van der Waals surface area contributed by atoms with Crippen molar-refractivity contribution in [1.29, 1.82) is 0 Å². The monoisotopic (exact) mass is 340 g/mol. The van der Waals surface area contributed by atoms with Crippen LogP contribution in [-0.2, 0) is 21.3 Å². The minimum absolute atomic E-state index is 0.288. The van der Waals surface area contributed by atoms with Gasteiger partial charge in [-0.3, -0.25) is 0 Å². The van der Waals surface area contributed by atoms with E-state index in [1.807, 2.05) is 13.8 Å². The molecule has 1 aromatic rings. The Hall–Kier alpha value is -1.60. The molecule has 1 aliphatic rings. The van der Waals surface area contributed by atoms with Gasteiger partial charge in [0.25, 0.3) is 0 Å².